The topological polar surface area (TPSA) is 41.6 Å². The minimum Gasteiger partial charge on any atom is -0.463 e. The van der Waals surface area contributed by atoms with Gasteiger partial charge in [0.05, 0.1) is 6.10 Å². The fraction of sp³-hybridized carbons (Fsp3) is 0.933. The zero-order valence-corrected chi connectivity index (χ0v) is 13.2. The van der Waals surface area contributed by atoms with Gasteiger partial charge in [0.15, 0.2) is 0 Å². The van der Waals surface area contributed by atoms with Crippen LogP contribution in [0.3, 0.4) is 0 Å². The molecule has 0 heterocycles. The maximum Gasteiger partial charge on any atom is 0.306 e. The lowest BCUT2D eigenvalue weighted by molar-refractivity contribution is -0.148. The number of carbonyl (C=O) groups excluding carboxylic acids is 1. The molecule has 0 rings (SSSR count). The number of unbranched alkanes of at least 4 members (excludes halogenated alkanes) is 1. The number of ether oxygens (including phenoxy) is 1. The molecule has 0 amide bonds. The molecule has 0 radical (unpaired) electrons. The van der Waals surface area contributed by atoms with Crippen LogP contribution in [0.4, 0.5) is 0 Å². The zero-order chi connectivity index (χ0) is 14.5. The van der Waals surface area contributed by atoms with Crippen molar-refractivity contribution in [1.29, 1.82) is 0 Å². The summed E-state index contributed by atoms with van der Waals surface area (Å²) in [7, 11) is 4.16. The van der Waals surface area contributed by atoms with Gasteiger partial charge in [0.2, 0.25) is 0 Å². The predicted molar refractivity (Wildman–Crippen MR) is 80.4 cm³/mol. The first-order valence-corrected chi connectivity index (χ1v) is 7.61. The molecule has 114 valence electrons. The smallest absolute Gasteiger partial charge is 0.306 e. The minimum atomic E-state index is -0.0568. The Morgan fingerprint density at radius 2 is 1.89 bits per heavy atom. The van der Waals surface area contributed by atoms with Gasteiger partial charge in [0.25, 0.3) is 0 Å². The van der Waals surface area contributed by atoms with Crippen LogP contribution in [0.1, 0.15) is 52.4 Å². The molecule has 1 N–H and O–H groups in total. The molecule has 0 aromatic rings. The van der Waals surface area contributed by atoms with Crippen molar-refractivity contribution >= 4 is 5.97 Å². The Bertz CT molecular complexity index is 220. The Morgan fingerprint density at radius 3 is 2.53 bits per heavy atom. The van der Waals surface area contributed by atoms with Gasteiger partial charge < -0.3 is 15.0 Å². The van der Waals surface area contributed by atoms with Gasteiger partial charge in [-0.05, 0) is 59.9 Å². The number of rotatable bonds is 12. The number of esters is 1. The van der Waals surface area contributed by atoms with E-state index < -0.39 is 0 Å². The van der Waals surface area contributed by atoms with Crippen molar-refractivity contribution in [1.82, 2.24) is 10.2 Å². The number of hydrogen-bond donors (Lipinski definition) is 1. The van der Waals surface area contributed by atoms with E-state index in [0.717, 1.165) is 51.7 Å². The van der Waals surface area contributed by atoms with Crippen molar-refractivity contribution in [3.8, 4) is 0 Å². The average molecular weight is 272 g/mol. The molecular formula is C15H32N2O2. The summed E-state index contributed by atoms with van der Waals surface area (Å²) in [4.78, 5) is 13.7. The summed E-state index contributed by atoms with van der Waals surface area (Å²) in [5.74, 6) is -0.0568. The summed E-state index contributed by atoms with van der Waals surface area (Å²) in [5, 5.41) is 3.35. The Hall–Kier alpha value is -0.610. The fourth-order valence-corrected chi connectivity index (χ4v) is 1.84. The molecule has 0 aliphatic rings. The van der Waals surface area contributed by atoms with Crippen LogP contribution in [-0.4, -0.2) is 50.7 Å². The highest BCUT2D eigenvalue weighted by Gasteiger charge is 2.08. The van der Waals surface area contributed by atoms with Crippen molar-refractivity contribution < 1.29 is 9.53 Å². The molecule has 1 unspecified atom stereocenters. The molecule has 0 bridgehead atoms. The van der Waals surface area contributed by atoms with E-state index in [1.807, 2.05) is 6.92 Å². The normalized spacial score (nSPS) is 12.7. The van der Waals surface area contributed by atoms with Gasteiger partial charge in [-0.15, -0.1) is 0 Å². The van der Waals surface area contributed by atoms with Crippen molar-refractivity contribution in [3.63, 3.8) is 0 Å². The van der Waals surface area contributed by atoms with Gasteiger partial charge in [0.1, 0.15) is 0 Å². The zero-order valence-electron chi connectivity index (χ0n) is 13.2. The average Bonchev–Trinajstić information content (AvgIpc) is 2.34. The molecule has 0 aliphatic carbocycles. The summed E-state index contributed by atoms with van der Waals surface area (Å²) >= 11 is 0. The molecule has 19 heavy (non-hydrogen) atoms. The lowest BCUT2D eigenvalue weighted by Gasteiger charge is -2.13. The van der Waals surface area contributed by atoms with E-state index in [4.69, 9.17) is 4.74 Å². The van der Waals surface area contributed by atoms with Gasteiger partial charge in [-0.25, -0.2) is 0 Å². The Kier molecular flexibility index (Phi) is 12.0. The number of carbonyl (C=O) groups is 1. The van der Waals surface area contributed by atoms with Crippen LogP contribution in [0.5, 0.6) is 0 Å². The second-order valence-electron chi connectivity index (χ2n) is 5.45. The first-order chi connectivity index (χ1) is 9.06. The Morgan fingerprint density at radius 1 is 1.21 bits per heavy atom. The molecule has 0 fully saturated rings. The summed E-state index contributed by atoms with van der Waals surface area (Å²) in [5.41, 5.74) is 0. The standard InChI is InChI=1S/C15H32N2O2/c1-5-6-9-14(2)19-15(18)10-7-11-16-12-8-13-17(3)4/h14,16H,5-13H2,1-4H3. The molecule has 4 heteroatoms. The molecule has 0 saturated carbocycles. The van der Waals surface area contributed by atoms with E-state index >= 15 is 0 Å². The maximum absolute atomic E-state index is 11.5. The minimum absolute atomic E-state index is 0.0568. The molecule has 0 spiro atoms. The van der Waals surface area contributed by atoms with Crippen LogP contribution in [-0.2, 0) is 9.53 Å². The molecular weight excluding hydrogens is 240 g/mol. The van der Waals surface area contributed by atoms with Gasteiger partial charge in [0, 0.05) is 6.42 Å². The molecule has 1 atom stereocenters. The third kappa shape index (κ3) is 13.6. The van der Waals surface area contributed by atoms with Gasteiger partial charge in [-0.3, -0.25) is 4.79 Å². The van der Waals surface area contributed by atoms with Crippen LogP contribution in [0, 0.1) is 0 Å². The van der Waals surface area contributed by atoms with Crippen molar-refractivity contribution in [2.75, 3.05) is 33.7 Å². The number of nitrogens with one attached hydrogen (secondary N) is 1. The third-order valence-corrected chi connectivity index (χ3v) is 2.99. The maximum atomic E-state index is 11.5. The Labute approximate surface area is 118 Å². The SMILES string of the molecule is CCCCC(C)OC(=O)CCCNCCCN(C)C. The number of hydrogen-bond acceptors (Lipinski definition) is 4. The number of nitrogens with zero attached hydrogens (tertiary/aromatic N) is 1. The van der Waals surface area contributed by atoms with E-state index in [1.54, 1.807) is 0 Å². The largest absolute Gasteiger partial charge is 0.463 e. The van der Waals surface area contributed by atoms with Crippen LogP contribution in [0.25, 0.3) is 0 Å². The highest BCUT2D eigenvalue weighted by molar-refractivity contribution is 5.69. The monoisotopic (exact) mass is 272 g/mol. The summed E-state index contributed by atoms with van der Waals surface area (Å²) in [6, 6.07) is 0. The second-order valence-corrected chi connectivity index (χ2v) is 5.45. The fourth-order valence-electron chi connectivity index (χ4n) is 1.84. The molecule has 0 aliphatic heterocycles. The lowest BCUT2D eigenvalue weighted by Crippen LogP contribution is -2.23. The van der Waals surface area contributed by atoms with Gasteiger partial charge in [-0.1, -0.05) is 19.8 Å². The van der Waals surface area contributed by atoms with E-state index in [0.29, 0.717) is 6.42 Å². The van der Waals surface area contributed by atoms with Crippen LogP contribution >= 0.6 is 0 Å². The molecule has 0 aromatic carbocycles. The van der Waals surface area contributed by atoms with Crippen LogP contribution < -0.4 is 5.32 Å². The second kappa shape index (κ2) is 12.4. The van der Waals surface area contributed by atoms with Crippen LogP contribution in [0.2, 0.25) is 0 Å². The quantitative estimate of drug-likeness (QED) is 0.438. The summed E-state index contributed by atoms with van der Waals surface area (Å²) in [6.45, 7) is 7.14. The molecule has 4 nitrogen and oxygen atoms in total. The molecule has 0 saturated heterocycles. The first kappa shape index (κ1) is 18.4. The predicted octanol–water partition coefficient (Wildman–Crippen LogP) is 2.43. The highest BCUT2D eigenvalue weighted by atomic mass is 16.5. The van der Waals surface area contributed by atoms with Crippen molar-refractivity contribution in [2.45, 2.75) is 58.5 Å². The molecule has 0 aromatic heterocycles. The van der Waals surface area contributed by atoms with Crippen LogP contribution in [0.15, 0.2) is 0 Å². The first-order valence-electron chi connectivity index (χ1n) is 7.61. The summed E-state index contributed by atoms with van der Waals surface area (Å²) in [6.07, 6.45) is 5.86. The van der Waals surface area contributed by atoms with E-state index in [2.05, 4.69) is 31.2 Å². The summed E-state index contributed by atoms with van der Waals surface area (Å²) < 4.78 is 5.34. The van der Waals surface area contributed by atoms with E-state index in [1.165, 1.54) is 0 Å². The van der Waals surface area contributed by atoms with Gasteiger partial charge in [-0.2, -0.15) is 0 Å². The Balaban J connectivity index is 3.33. The van der Waals surface area contributed by atoms with Gasteiger partial charge >= 0.3 is 5.97 Å². The third-order valence-electron chi connectivity index (χ3n) is 2.99. The van der Waals surface area contributed by atoms with E-state index in [-0.39, 0.29) is 12.1 Å². The van der Waals surface area contributed by atoms with E-state index in [9.17, 15) is 4.79 Å². The lowest BCUT2D eigenvalue weighted by atomic mass is 10.2. The highest BCUT2D eigenvalue weighted by Crippen LogP contribution is 2.05. The van der Waals surface area contributed by atoms with Crippen molar-refractivity contribution in [2.24, 2.45) is 0 Å². The van der Waals surface area contributed by atoms with Crippen molar-refractivity contribution in [3.05, 3.63) is 0 Å².